The van der Waals surface area contributed by atoms with Gasteiger partial charge < -0.3 is 20.9 Å². The van der Waals surface area contributed by atoms with Crippen LogP contribution in [0.25, 0.3) is 0 Å². The Morgan fingerprint density at radius 1 is 1.17 bits per heavy atom. The monoisotopic (exact) mass is 422 g/mol. The molecule has 30 heavy (non-hydrogen) atoms. The van der Waals surface area contributed by atoms with E-state index in [1.54, 1.807) is 4.90 Å². The van der Waals surface area contributed by atoms with Crippen LogP contribution in [0.5, 0.6) is 0 Å². The fourth-order valence-corrected chi connectivity index (χ4v) is 3.55. The first-order valence-corrected chi connectivity index (χ1v) is 9.86. The summed E-state index contributed by atoms with van der Waals surface area (Å²) in [6.45, 7) is 0.606. The zero-order valence-electron chi connectivity index (χ0n) is 16.1. The molecule has 1 saturated heterocycles. The van der Waals surface area contributed by atoms with Gasteiger partial charge in [0.2, 0.25) is 5.95 Å². The van der Waals surface area contributed by atoms with Gasteiger partial charge in [0.25, 0.3) is 0 Å². The van der Waals surface area contributed by atoms with Crippen LogP contribution >= 0.6 is 0 Å². The van der Waals surface area contributed by atoms with Gasteiger partial charge in [-0.2, -0.15) is 23.1 Å². The van der Waals surface area contributed by atoms with Crippen LogP contribution in [0.4, 0.5) is 40.8 Å². The molecule has 1 aliphatic carbocycles. The van der Waals surface area contributed by atoms with Crippen molar-refractivity contribution in [3.63, 3.8) is 0 Å². The maximum atomic E-state index is 13.8. The maximum absolute atomic E-state index is 13.8. The summed E-state index contributed by atoms with van der Waals surface area (Å²) >= 11 is 0. The van der Waals surface area contributed by atoms with E-state index >= 15 is 0 Å². The van der Waals surface area contributed by atoms with Crippen LogP contribution in [0.15, 0.2) is 24.3 Å². The molecule has 3 N–H and O–H groups in total. The summed E-state index contributed by atoms with van der Waals surface area (Å²) in [5, 5.41) is 14.0. The predicted molar refractivity (Wildman–Crippen MR) is 108 cm³/mol. The van der Waals surface area contributed by atoms with Gasteiger partial charge in [0, 0.05) is 24.5 Å². The van der Waals surface area contributed by atoms with E-state index in [1.165, 1.54) is 12.1 Å². The van der Waals surface area contributed by atoms with E-state index in [1.807, 2.05) is 0 Å². The van der Waals surface area contributed by atoms with E-state index in [0.717, 1.165) is 37.6 Å². The molecule has 2 aliphatic rings. The van der Waals surface area contributed by atoms with Crippen molar-refractivity contribution in [1.29, 1.82) is 5.41 Å². The van der Waals surface area contributed by atoms with Crippen molar-refractivity contribution in [1.82, 2.24) is 9.97 Å². The number of nitrogens with one attached hydrogen (secondary N) is 3. The van der Waals surface area contributed by atoms with E-state index in [-0.39, 0.29) is 24.1 Å². The summed E-state index contributed by atoms with van der Waals surface area (Å²) in [5.74, 6) is 0.923. The van der Waals surface area contributed by atoms with Gasteiger partial charge in [-0.15, -0.1) is 0 Å². The largest absolute Gasteiger partial charge is 0.416 e. The van der Waals surface area contributed by atoms with Crippen molar-refractivity contribution < 1.29 is 17.6 Å². The Kier molecular flexibility index (Phi) is 5.48. The Morgan fingerprint density at radius 2 is 1.97 bits per heavy atom. The molecule has 1 aromatic heterocycles. The summed E-state index contributed by atoms with van der Waals surface area (Å²) in [5.41, 5.74) is -0.288. The number of hydrogen-bond donors (Lipinski definition) is 3. The van der Waals surface area contributed by atoms with Crippen LogP contribution in [-0.2, 0) is 6.18 Å². The second-order valence-corrected chi connectivity index (χ2v) is 7.59. The van der Waals surface area contributed by atoms with Crippen LogP contribution < -0.4 is 15.5 Å². The number of rotatable bonds is 6. The Bertz CT molecular complexity index is 928. The Balaban J connectivity index is 1.71. The summed E-state index contributed by atoms with van der Waals surface area (Å²) in [7, 11) is 0. The minimum Gasteiger partial charge on any atom is -0.353 e. The molecule has 0 bridgehead atoms. The highest BCUT2D eigenvalue weighted by molar-refractivity contribution is 5.93. The van der Waals surface area contributed by atoms with Crippen molar-refractivity contribution in [2.45, 2.75) is 44.1 Å². The molecule has 1 unspecified atom stereocenters. The lowest BCUT2D eigenvalue weighted by molar-refractivity contribution is -0.137. The van der Waals surface area contributed by atoms with Crippen molar-refractivity contribution in [2.24, 2.45) is 0 Å². The number of nitrogens with zero attached hydrogens (tertiary/aromatic N) is 3. The molecular formula is C20H22F4N6. The average Bonchev–Trinajstić information content (AvgIpc) is 3.10. The van der Waals surface area contributed by atoms with Crippen LogP contribution in [0.3, 0.4) is 0 Å². The maximum Gasteiger partial charge on any atom is 0.416 e. The topological polar surface area (TPSA) is 76.9 Å². The summed E-state index contributed by atoms with van der Waals surface area (Å²) in [4.78, 5) is 10.7. The lowest BCUT2D eigenvalue weighted by Crippen LogP contribution is -2.29. The van der Waals surface area contributed by atoms with E-state index < -0.39 is 17.9 Å². The first kappa shape index (κ1) is 20.4. The molecule has 0 amide bonds. The lowest BCUT2D eigenvalue weighted by atomic mass is 9.93. The van der Waals surface area contributed by atoms with Crippen LogP contribution in [-0.4, -0.2) is 41.5 Å². The third-order valence-electron chi connectivity index (χ3n) is 5.39. The number of benzene rings is 1. The highest BCUT2D eigenvalue weighted by Crippen LogP contribution is 2.34. The summed E-state index contributed by atoms with van der Waals surface area (Å²) < 4.78 is 53.0. The number of alkyl halides is 4. The van der Waals surface area contributed by atoms with Crippen molar-refractivity contribution in [2.75, 3.05) is 28.6 Å². The number of aromatic nitrogens is 2. The van der Waals surface area contributed by atoms with E-state index in [0.29, 0.717) is 30.3 Å². The molecule has 4 rings (SSSR count). The molecule has 10 heteroatoms. The molecule has 1 atom stereocenters. The van der Waals surface area contributed by atoms with Gasteiger partial charge in [-0.05, 0) is 43.9 Å². The number of halogens is 4. The van der Waals surface area contributed by atoms with Gasteiger partial charge >= 0.3 is 6.18 Å². The van der Waals surface area contributed by atoms with Gasteiger partial charge in [-0.1, -0.05) is 6.07 Å². The predicted octanol–water partition coefficient (Wildman–Crippen LogP) is 4.75. The average molecular weight is 422 g/mol. The van der Waals surface area contributed by atoms with Gasteiger partial charge in [-0.25, -0.2) is 4.39 Å². The van der Waals surface area contributed by atoms with Gasteiger partial charge in [0.1, 0.15) is 17.8 Å². The molecule has 0 radical (unpaired) electrons. The fourth-order valence-electron chi connectivity index (χ4n) is 3.55. The van der Waals surface area contributed by atoms with Crippen molar-refractivity contribution >= 4 is 29.5 Å². The van der Waals surface area contributed by atoms with Crippen LogP contribution in [0.1, 0.15) is 36.8 Å². The SMILES string of the molecule is N=Cc1c(Nc2cccc(C(F)(F)F)c2)nc(NC2CCC2)nc1N1CCC(F)C1. The molecular weight excluding hydrogens is 400 g/mol. The van der Waals surface area contributed by atoms with E-state index in [4.69, 9.17) is 5.41 Å². The third kappa shape index (κ3) is 4.31. The highest BCUT2D eigenvalue weighted by atomic mass is 19.4. The Hall–Kier alpha value is -2.91. The lowest BCUT2D eigenvalue weighted by Gasteiger charge is -2.28. The van der Waals surface area contributed by atoms with Crippen molar-refractivity contribution in [3.05, 3.63) is 35.4 Å². The fraction of sp³-hybridized carbons (Fsp3) is 0.450. The zero-order valence-corrected chi connectivity index (χ0v) is 16.1. The molecule has 0 spiro atoms. The summed E-state index contributed by atoms with van der Waals surface area (Å²) in [6.07, 6.45) is -0.973. The second-order valence-electron chi connectivity index (χ2n) is 7.59. The molecule has 1 saturated carbocycles. The molecule has 1 aliphatic heterocycles. The van der Waals surface area contributed by atoms with Gasteiger partial charge in [0.15, 0.2) is 0 Å². The Morgan fingerprint density at radius 3 is 2.57 bits per heavy atom. The summed E-state index contributed by atoms with van der Waals surface area (Å²) in [6, 6.07) is 5.01. The normalized spacial score (nSPS) is 19.5. The van der Waals surface area contributed by atoms with Crippen molar-refractivity contribution in [3.8, 4) is 0 Å². The van der Waals surface area contributed by atoms with E-state index in [2.05, 4.69) is 20.6 Å². The standard InChI is InChI=1S/C20H22F4N6/c21-13-7-8-30(11-13)18-16(10-25)17(28-19(29-18)27-14-4-2-5-14)26-15-6-1-3-12(9-15)20(22,23)24/h1,3,6,9-10,13-14,25H,2,4-5,7-8,11H2,(H2,26,27,28,29). The molecule has 2 heterocycles. The van der Waals surface area contributed by atoms with Gasteiger partial charge in [-0.3, -0.25) is 0 Å². The Labute approximate surface area is 171 Å². The molecule has 160 valence electrons. The molecule has 6 nitrogen and oxygen atoms in total. The quantitative estimate of drug-likeness (QED) is 0.463. The van der Waals surface area contributed by atoms with Crippen LogP contribution in [0, 0.1) is 5.41 Å². The first-order valence-electron chi connectivity index (χ1n) is 9.86. The third-order valence-corrected chi connectivity index (χ3v) is 5.39. The molecule has 1 aromatic carbocycles. The van der Waals surface area contributed by atoms with Gasteiger partial charge in [0.05, 0.1) is 17.7 Å². The van der Waals surface area contributed by atoms with E-state index in [9.17, 15) is 17.6 Å². The minimum absolute atomic E-state index is 0.156. The zero-order chi connectivity index (χ0) is 21.3. The number of hydrogen-bond acceptors (Lipinski definition) is 6. The first-order chi connectivity index (χ1) is 14.3. The smallest absolute Gasteiger partial charge is 0.353 e. The molecule has 2 fully saturated rings. The molecule has 2 aromatic rings. The number of anilines is 4. The van der Waals surface area contributed by atoms with Crippen LogP contribution in [0.2, 0.25) is 0 Å². The highest BCUT2D eigenvalue weighted by Gasteiger charge is 2.31. The second kappa shape index (κ2) is 8.08. The minimum atomic E-state index is -4.47.